The summed E-state index contributed by atoms with van der Waals surface area (Å²) in [5.74, 6) is 0. The molecule has 1 atom stereocenters. The van der Waals surface area contributed by atoms with E-state index in [4.69, 9.17) is 0 Å². The SMILES string of the molecule is CCNC(=O)N1CCC(NC[C@@]2(O)CCCc3ccccc32)CC1. The summed E-state index contributed by atoms with van der Waals surface area (Å²) in [5.41, 5.74) is 1.61. The Kier molecular flexibility index (Phi) is 5.41. The number of rotatable bonds is 4. The van der Waals surface area contributed by atoms with Crippen LogP contribution in [0.1, 0.15) is 43.7 Å². The number of amides is 2. The molecule has 1 aliphatic carbocycles. The van der Waals surface area contributed by atoms with Crippen LogP contribution in [0.3, 0.4) is 0 Å². The van der Waals surface area contributed by atoms with Crippen molar-refractivity contribution >= 4 is 6.03 Å². The molecule has 0 spiro atoms. The third-order valence-electron chi connectivity index (χ3n) is 5.35. The van der Waals surface area contributed by atoms with Crippen LogP contribution >= 0.6 is 0 Å². The highest BCUT2D eigenvalue weighted by atomic mass is 16.3. The fourth-order valence-corrected chi connectivity index (χ4v) is 3.94. The van der Waals surface area contributed by atoms with E-state index in [-0.39, 0.29) is 6.03 Å². The molecule has 0 saturated carbocycles. The van der Waals surface area contributed by atoms with Gasteiger partial charge < -0.3 is 20.6 Å². The van der Waals surface area contributed by atoms with Gasteiger partial charge in [0.05, 0.1) is 0 Å². The highest BCUT2D eigenvalue weighted by Crippen LogP contribution is 2.34. The molecule has 1 aromatic carbocycles. The Bertz CT molecular complexity index is 569. The monoisotopic (exact) mass is 331 g/mol. The van der Waals surface area contributed by atoms with Gasteiger partial charge in [-0.3, -0.25) is 0 Å². The largest absolute Gasteiger partial charge is 0.384 e. The summed E-state index contributed by atoms with van der Waals surface area (Å²) in [6.07, 6.45) is 4.78. The van der Waals surface area contributed by atoms with Crippen molar-refractivity contribution in [2.75, 3.05) is 26.2 Å². The van der Waals surface area contributed by atoms with Crippen molar-refractivity contribution in [1.29, 1.82) is 0 Å². The minimum absolute atomic E-state index is 0.0378. The minimum atomic E-state index is -0.758. The Morgan fingerprint density at radius 3 is 2.83 bits per heavy atom. The van der Waals surface area contributed by atoms with E-state index in [0.29, 0.717) is 19.1 Å². The molecule has 0 bridgehead atoms. The van der Waals surface area contributed by atoms with Crippen LogP contribution in [0.5, 0.6) is 0 Å². The van der Waals surface area contributed by atoms with E-state index in [0.717, 1.165) is 50.8 Å². The van der Waals surface area contributed by atoms with E-state index in [1.165, 1.54) is 5.56 Å². The molecule has 0 aromatic heterocycles. The molecule has 1 saturated heterocycles. The van der Waals surface area contributed by atoms with E-state index in [2.05, 4.69) is 28.8 Å². The molecule has 5 heteroatoms. The second kappa shape index (κ2) is 7.53. The second-order valence-electron chi connectivity index (χ2n) is 7.02. The summed E-state index contributed by atoms with van der Waals surface area (Å²) in [5, 5.41) is 17.5. The number of urea groups is 1. The minimum Gasteiger partial charge on any atom is -0.384 e. The van der Waals surface area contributed by atoms with Gasteiger partial charge in [-0.05, 0) is 50.2 Å². The van der Waals surface area contributed by atoms with Gasteiger partial charge in [0.1, 0.15) is 5.60 Å². The summed E-state index contributed by atoms with van der Waals surface area (Å²) in [4.78, 5) is 13.7. The number of carbonyl (C=O) groups excluding carboxylic acids is 1. The van der Waals surface area contributed by atoms with Crippen LogP contribution in [-0.4, -0.2) is 48.3 Å². The normalized spacial score (nSPS) is 24.5. The summed E-state index contributed by atoms with van der Waals surface area (Å²) < 4.78 is 0. The van der Waals surface area contributed by atoms with Gasteiger partial charge >= 0.3 is 6.03 Å². The van der Waals surface area contributed by atoms with Gasteiger partial charge in [0, 0.05) is 32.2 Å². The number of nitrogens with zero attached hydrogens (tertiary/aromatic N) is 1. The Hall–Kier alpha value is -1.59. The van der Waals surface area contributed by atoms with Crippen LogP contribution in [0, 0.1) is 0 Å². The first-order valence-electron chi connectivity index (χ1n) is 9.19. The molecule has 0 unspecified atom stereocenters. The third kappa shape index (κ3) is 3.73. The number of benzene rings is 1. The number of nitrogens with one attached hydrogen (secondary N) is 2. The zero-order valence-corrected chi connectivity index (χ0v) is 14.6. The van der Waals surface area contributed by atoms with Gasteiger partial charge in [-0.2, -0.15) is 0 Å². The molecular formula is C19H29N3O2. The van der Waals surface area contributed by atoms with Crippen LogP contribution in [0.4, 0.5) is 4.79 Å². The molecule has 1 heterocycles. The van der Waals surface area contributed by atoms with Crippen molar-refractivity contribution in [2.24, 2.45) is 0 Å². The summed E-state index contributed by atoms with van der Waals surface area (Å²) >= 11 is 0. The van der Waals surface area contributed by atoms with Gasteiger partial charge in [-0.1, -0.05) is 24.3 Å². The second-order valence-corrected chi connectivity index (χ2v) is 7.02. The van der Waals surface area contributed by atoms with Crippen LogP contribution in [0.2, 0.25) is 0 Å². The van der Waals surface area contributed by atoms with Crippen LogP contribution in [0.25, 0.3) is 0 Å². The van der Waals surface area contributed by atoms with Gasteiger partial charge in [0.15, 0.2) is 0 Å². The van der Waals surface area contributed by atoms with E-state index < -0.39 is 5.60 Å². The van der Waals surface area contributed by atoms with Crippen molar-refractivity contribution in [3.05, 3.63) is 35.4 Å². The van der Waals surface area contributed by atoms with E-state index in [1.54, 1.807) is 0 Å². The van der Waals surface area contributed by atoms with E-state index in [1.807, 2.05) is 17.9 Å². The lowest BCUT2D eigenvalue weighted by Gasteiger charge is -2.38. The molecule has 2 aliphatic rings. The lowest BCUT2D eigenvalue weighted by molar-refractivity contribution is 0.0147. The number of aliphatic hydroxyl groups is 1. The molecule has 0 radical (unpaired) electrons. The molecule has 1 aromatic rings. The maximum absolute atomic E-state index is 11.9. The van der Waals surface area contributed by atoms with E-state index in [9.17, 15) is 9.90 Å². The molecule has 5 nitrogen and oxygen atoms in total. The zero-order chi connectivity index (χ0) is 17.0. The Morgan fingerprint density at radius 2 is 2.08 bits per heavy atom. The fourth-order valence-electron chi connectivity index (χ4n) is 3.94. The van der Waals surface area contributed by atoms with Gasteiger partial charge in [0.25, 0.3) is 0 Å². The van der Waals surface area contributed by atoms with Crippen molar-refractivity contribution in [3.63, 3.8) is 0 Å². The summed E-state index contributed by atoms with van der Waals surface area (Å²) in [7, 11) is 0. The van der Waals surface area contributed by atoms with Crippen LogP contribution in [-0.2, 0) is 12.0 Å². The highest BCUT2D eigenvalue weighted by molar-refractivity contribution is 5.74. The first-order valence-corrected chi connectivity index (χ1v) is 9.19. The third-order valence-corrected chi connectivity index (χ3v) is 5.35. The number of piperidine rings is 1. The fraction of sp³-hybridized carbons (Fsp3) is 0.632. The van der Waals surface area contributed by atoms with Gasteiger partial charge in [-0.15, -0.1) is 0 Å². The Balaban J connectivity index is 1.53. The molecule has 2 amide bonds. The van der Waals surface area contributed by atoms with E-state index >= 15 is 0 Å². The lowest BCUT2D eigenvalue weighted by Crippen LogP contribution is -2.51. The quantitative estimate of drug-likeness (QED) is 0.791. The smallest absolute Gasteiger partial charge is 0.317 e. The molecule has 1 aliphatic heterocycles. The van der Waals surface area contributed by atoms with Crippen molar-refractivity contribution < 1.29 is 9.90 Å². The highest BCUT2D eigenvalue weighted by Gasteiger charge is 2.34. The number of carbonyl (C=O) groups is 1. The molecule has 24 heavy (non-hydrogen) atoms. The first kappa shape index (κ1) is 17.2. The van der Waals surface area contributed by atoms with Crippen molar-refractivity contribution in [1.82, 2.24) is 15.5 Å². The topological polar surface area (TPSA) is 64.6 Å². The van der Waals surface area contributed by atoms with Gasteiger partial charge in [0.2, 0.25) is 0 Å². The van der Waals surface area contributed by atoms with Gasteiger partial charge in [-0.25, -0.2) is 4.79 Å². The molecule has 132 valence electrons. The lowest BCUT2D eigenvalue weighted by atomic mass is 9.79. The zero-order valence-electron chi connectivity index (χ0n) is 14.6. The Labute approximate surface area is 144 Å². The number of fused-ring (bicyclic) bond motifs is 1. The number of likely N-dealkylation sites (tertiary alicyclic amines) is 1. The standard InChI is InChI=1S/C19H29N3O2/c1-2-20-18(23)22-12-9-16(10-13-22)21-14-19(24)11-5-7-15-6-3-4-8-17(15)19/h3-4,6,8,16,21,24H,2,5,7,9-14H2,1H3,(H,20,23)/t19-/m0/s1. The molecule has 1 fully saturated rings. The predicted octanol–water partition coefficient (Wildman–Crippen LogP) is 1.99. The number of hydrogen-bond acceptors (Lipinski definition) is 3. The van der Waals surface area contributed by atoms with Crippen LogP contribution in [0.15, 0.2) is 24.3 Å². The summed E-state index contributed by atoms with van der Waals surface area (Å²) in [6.45, 7) is 4.76. The summed E-state index contributed by atoms with van der Waals surface area (Å²) in [6, 6.07) is 8.66. The molecule has 3 N–H and O–H groups in total. The predicted molar refractivity (Wildman–Crippen MR) is 94.9 cm³/mol. The van der Waals surface area contributed by atoms with Crippen molar-refractivity contribution in [3.8, 4) is 0 Å². The number of hydrogen-bond donors (Lipinski definition) is 3. The maximum Gasteiger partial charge on any atom is 0.317 e. The average Bonchev–Trinajstić information content (AvgIpc) is 2.61. The van der Waals surface area contributed by atoms with Crippen LogP contribution < -0.4 is 10.6 Å². The Morgan fingerprint density at radius 1 is 1.33 bits per heavy atom. The molecular weight excluding hydrogens is 302 g/mol. The average molecular weight is 331 g/mol. The van der Waals surface area contributed by atoms with Crippen molar-refractivity contribution in [2.45, 2.75) is 50.7 Å². The maximum atomic E-state index is 11.9. The number of aryl methyl sites for hydroxylation is 1. The molecule has 3 rings (SSSR count). The first-order chi connectivity index (χ1) is 11.6.